The largest absolute Gasteiger partial charge is 0.459 e. The first-order chi connectivity index (χ1) is 11.5. The summed E-state index contributed by atoms with van der Waals surface area (Å²) in [5.41, 5.74) is 4.64. The molecule has 7 nitrogen and oxygen atoms in total. The van der Waals surface area contributed by atoms with Crippen molar-refractivity contribution in [1.29, 1.82) is 0 Å². The Bertz CT molecular complexity index is 562. The van der Waals surface area contributed by atoms with Crippen molar-refractivity contribution in [3.63, 3.8) is 0 Å². The van der Waals surface area contributed by atoms with Gasteiger partial charge in [0.1, 0.15) is 6.04 Å². The van der Waals surface area contributed by atoms with E-state index in [9.17, 15) is 14.4 Å². The van der Waals surface area contributed by atoms with Crippen molar-refractivity contribution in [2.24, 2.45) is 11.8 Å². The number of carbonyl (C=O) groups is 3. The van der Waals surface area contributed by atoms with Crippen LogP contribution in [0.2, 0.25) is 0 Å². The maximum absolute atomic E-state index is 12.3. The van der Waals surface area contributed by atoms with Crippen LogP contribution in [0.1, 0.15) is 56.5 Å². The Morgan fingerprint density at radius 2 is 1.83 bits per heavy atom. The van der Waals surface area contributed by atoms with Crippen molar-refractivity contribution in [2.45, 2.75) is 52.0 Å². The molecule has 24 heavy (non-hydrogen) atoms. The zero-order valence-corrected chi connectivity index (χ0v) is 14.1. The molecule has 2 rings (SSSR count). The maximum atomic E-state index is 12.3. The predicted molar refractivity (Wildman–Crippen MR) is 87.7 cm³/mol. The number of carbonyl (C=O) groups excluding carboxylic acids is 3. The monoisotopic (exact) mass is 335 g/mol. The van der Waals surface area contributed by atoms with Gasteiger partial charge in [-0.2, -0.15) is 0 Å². The van der Waals surface area contributed by atoms with Gasteiger partial charge in [0.25, 0.3) is 5.91 Å². The van der Waals surface area contributed by atoms with Crippen molar-refractivity contribution in [2.75, 3.05) is 0 Å². The van der Waals surface area contributed by atoms with Gasteiger partial charge >= 0.3 is 5.91 Å². The van der Waals surface area contributed by atoms with Gasteiger partial charge in [0.15, 0.2) is 5.76 Å². The van der Waals surface area contributed by atoms with E-state index in [1.807, 2.05) is 13.8 Å². The molecule has 3 N–H and O–H groups in total. The molecule has 132 valence electrons. The van der Waals surface area contributed by atoms with Crippen LogP contribution in [-0.4, -0.2) is 23.8 Å². The fraction of sp³-hybridized carbons (Fsp3) is 0.588. The average Bonchev–Trinajstić information content (AvgIpc) is 3.12. The summed E-state index contributed by atoms with van der Waals surface area (Å²) in [5.74, 6) is -1.10. The summed E-state index contributed by atoms with van der Waals surface area (Å²) in [7, 11) is 0. The third-order valence-electron chi connectivity index (χ3n) is 4.27. The Morgan fingerprint density at radius 1 is 1.12 bits per heavy atom. The molecule has 1 aromatic heterocycles. The van der Waals surface area contributed by atoms with Crippen molar-refractivity contribution in [3.05, 3.63) is 24.2 Å². The molecule has 1 heterocycles. The third-order valence-corrected chi connectivity index (χ3v) is 4.27. The molecule has 7 heteroatoms. The molecule has 1 fully saturated rings. The minimum absolute atomic E-state index is 0.0227. The first-order valence-corrected chi connectivity index (χ1v) is 8.43. The second kappa shape index (κ2) is 8.52. The maximum Gasteiger partial charge on any atom is 0.305 e. The van der Waals surface area contributed by atoms with E-state index in [0.29, 0.717) is 0 Å². The van der Waals surface area contributed by atoms with E-state index in [0.717, 1.165) is 32.1 Å². The van der Waals surface area contributed by atoms with Gasteiger partial charge in [-0.3, -0.25) is 25.2 Å². The lowest BCUT2D eigenvalue weighted by atomic mass is 9.88. The summed E-state index contributed by atoms with van der Waals surface area (Å²) in [6, 6.07) is 2.38. The molecular formula is C17H25N3O4. The van der Waals surface area contributed by atoms with Gasteiger partial charge in [0.2, 0.25) is 5.91 Å². The van der Waals surface area contributed by atoms with Crippen LogP contribution in [0.15, 0.2) is 22.8 Å². The molecule has 1 aliphatic carbocycles. The number of furan rings is 1. The summed E-state index contributed by atoms with van der Waals surface area (Å²) >= 11 is 0. The van der Waals surface area contributed by atoms with Gasteiger partial charge in [-0.1, -0.05) is 33.1 Å². The first kappa shape index (κ1) is 18.0. The van der Waals surface area contributed by atoms with Gasteiger partial charge in [-0.05, 0) is 30.9 Å². The van der Waals surface area contributed by atoms with E-state index in [-0.39, 0.29) is 23.5 Å². The number of rotatable bonds is 5. The first-order valence-electron chi connectivity index (χ1n) is 8.43. The highest BCUT2D eigenvalue weighted by Gasteiger charge is 2.28. The molecule has 0 radical (unpaired) electrons. The van der Waals surface area contributed by atoms with Crippen molar-refractivity contribution >= 4 is 17.7 Å². The fourth-order valence-electron chi connectivity index (χ4n) is 2.84. The number of hydrogen-bond acceptors (Lipinski definition) is 4. The SMILES string of the molecule is CC(C)C(NC(=O)C1CCCCC1)C(=O)NNC(=O)c1ccco1. The Labute approximate surface area is 141 Å². The summed E-state index contributed by atoms with van der Waals surface area (Å²) in [6.45, 7) is 3.69. The van der Waals surface area contributed by atoms with Crippen molar-refractivity contribution in [3.8, 4) is 0 Å². The van der Waals surface area contributed by atoms with Crippen LogP contribution in [0.5, 0.6) is 0 Å². The standard InChI is InChI=1S/C17H25N3O4/c1-11(2)14(18-15(21)12-7-4-3-5-8-12)17(23)20-19-16(22)13-9-6-10-24-13/h6,9-12,14H,3-5,7-8H2,1-2H3,(H,18,21)(H,19,22)(H,20,23). The highest BCUT2D eigenvalue weighted by Crippen LogP contribution is 2.24. The van der Waals surface area contributed by atoms with Gasteiger partial charge in [0.05, 0.1) is 6.26 Å². The molecule has 0 bridgehead atoms. The lowest BCUT2D eigenvalue weighted by molar-refractivity contribution is -0.133. The Balaban J connectivity index is 1.87. The highest BCUT2D eigenvalue weighted by molar-refractivity contribution is 5.94. The van der Waals surface area contributed by atoms with Crippen LogP contribution >= 0.6 is 0 Å². The van der Waals surface area contributed by atoms with Gasteiger partial charge in [0, 0.05) is 5.92 Å². The fourth-order valence-corrected chi connectivity index (χ4v) is 2.84. The molecule has 1 aliphatic rings. The van der Waals surface area contributed by atoms with E-state index in [4.69, 9.17) is 4.42 Å². The summed E-state index contributed by atoms with van der Waals surface area (Å²) in [5, 5.41) is 2.82. The second-order valence-electron chi connectivity index (χ2n) is 6.49. The van der Waals surface area contributed by atoms with Crippen LogP contribution in [0.4, 0.5) is 0 Å². The minimum Gasteiger partial charge on any atom is -0.459 e. The van der Waals surface area contributed by atoms with Crippen molar-refractivity contribution in [1.82, 2.24) is 16.2 Å². The third kappa shape index (κ3) is 4.84. The molecule has 3 amide bonds. The lowest BCUT2D eigenvalue weighted by Crippen LogP contribution is -2.55. The molecule has 0 aliphatic heterocycles. The molecule has 0 spiro atoms. The topological polar surface area (TPSA) is 100 Å². The molecular weight excluding hydrogens is 310 g/mol. The zero-order chi connectivity index (χ0) is 17.5. The quantitative estimate of drug-likeness (QED) is 0.714. The van der Waals surface area contributed by atoms with Crippen LogP contribution in [0.25, 0.3) is 0 Å². The number of amides is 3. The van der Waals surface area contributed by atoms with E-state index < -0.39 is 17.9 Å². The van der Waals surface area contributed by atoms with Crippen LogP contribution in [-0.2, 0) is 9.59 Å². The van der Waals surface area contributed by atoms with Gasteiger partial charge in [-0.25, -0.2) is 0 Å². The minimum atomic E-state index is -0.698. The van der Waals surface area contributed by atoms with E-state index >= 15 is 0 Å². The van der Waals surface area contributed by atoms with E-state index in [2.05, 4.69) is 16.2 Å². The summed E-state index contributed by atoms with van der Waals surface area (Å²) in [4.78, 5) is 36.4. The Kier molecular flexibility index (Phi) is 6.40. The molecule has 1 atom stereocenters. The predicted octanol–water partition coefficient (Wildman–Crippen LogP) is 1.76. The highest BCUT2D eigenvalue weighted by atomic mass is 16.3. The van der Waals surface area contributed by atoms with E-state index in [1.54, 1.807) is 6.07 Å². The van der Waals surface area contributed by atoms with Crippen molar-refractivity contribution < 1.29 is 18.8 Å². The van der Waals surface area contributed by atoms with Crippen LogP contribution in [0.3, 0.4) is 0 Å². The van der Waals surface area contributed by atoms with E-state index in [1.165, 1.54) is 12.3 Å². The summed E-state index contributed by atoms with van der Waals surface area (Å²) < 4.78 is 4.95. The Hall–Kier alpha value is -2.31. The average molecular weight is 335 g/mol. The molecule has 1 unspecified atom stereocenters. The normalized spacial score (nSPS) is 16.5. The van der Waals surface area contributed by atoms with Gasteiger partial charge in [-0.15, -0.1) is 0 Å². The molecule has 0 saturated heterocycles. The summed E-state index contributed by atoms with van der Waals surface area (Å²) in [6.07, 6.45) is 6.38. The number of nitrogens with one attached hydrogen (secondary N) is 3. The smallest absolute Gasteiger partial charge is 0.305 e. The van der Waals surface area contributed by atoms with Crippen LogP contribution < -0.4 is 16.2 Å². The van der Waals surface area contributed by atoms with Crippen LogP contribution in [0, 0.1) is 11.8 Å². The zero-order valence-electron chi connectivity index (χ0n) is 14.1. The number of hydrogen-bond donors (Lipinski definition) is 3. The second-order valence-corrected chi connectivity index (χ2v) is 6.49. The molecule has 1 saturated carbocycles. The molecule has 0 aromatic carbocycles. The molecule has 1 aromatic rings. The van der Waals surface area contributed by atoms with Gasteiger partial charge < -0.3 is 9.73 Å². The Morgan fingerprint density at radius 3 is 2.42 bits per heavy atom. The lowest BCUT2D eigenvalue weighted by Gasteiger charge is -2.26. The number of hydrazine groups is 1.